The van der Waals surface area contributed by atoms with Crippen molar-refractivity contribution in [3.05, 3.63) is 69.2 Å². The van der Waals surface area contributed by atoms with Crippen molar-refractivity contribution in [1.82, 2.24) is 0 Å². The number of halogens is 2. The van der Waals surface area contributed by atoms with Gasteiger partial charge in [0.25, 0.3) is 0 Å². The Balaban J connectivity index is 2.33. The van der Waals surface area contributed by atoms with E-state index in [1.54, 1.807) is 18.2 Å². The van der Waals surface area contributed by atoms with Gasteiger partial charge in [-0.1, -0.05) is 65.2 Å². The third-order valence-corrected chi connectivity index (χ3v) is 4.09. The van der Waals surface area contributed by atoms with Crippen LogP contribution in [0.5, 0.6) is 0 Å². The molecule has 0 bridgehead atoms. The number of aryl methyl sites for hydroxylation is 1. The third-order valence-electron chi connectivity index (χ3n) is 3.23. The molecular formula is C16H14Cl2O2. The summed E-state index contributed by atoms with van der Waals surface area (Å²) in [6, 6.07) is 12.8. The summed E-state index contributed by atoms with van der Waals surface area (Å²) < 4.78 is 0. The maximum Gasteiger partial charge on any atom is 0.311 e. The molecule has 0 aromatic heterocycles. The first kappa shape index (κ1) is 14.9. The standard InChI is InChI=1S/C16H14Cl2O2/c1-10-5-7-11(8-6-10)13(16(19)20)9-12-3-2-4-14(17)15(12)18/h2-8,13H,9H2,1H3,(H,19,20). The molecule has 1 unspecified atom stereocenters. The first-order valence-corrected chi connectivity index (χ1v) is 6.97. The largest absolute Gasteiger partial charge is 0.481 e. The third kappa shape index (κ3) is 3.33. The lowest BCUT2D eigenvalue weighted by Gasteiger charge is -2.14. The number of carboxylic acid groups (broad SMARTS) is 1. The summed E-state index contributed by atoms with van der Waals surface area (Å²) in [5, 5.41) is 10.3. The molecule has 0 radical (unpaired) electrons. The molecule has 1 atom stereocenters. The van der Waals surface area contributed by atoms with Gasteiger partial charge >= 0.3 is 5.97 Å². The zero-order chi connectivity index (χ0) is 14.7. The van der Waals surface area contributed by atoms with Gasteiger partial charge in [0.1, 0.15) is 0 Å². The van der Waals surface area contributed by atoms with E-state index in [1.165, 1.54) is 0 Å². The summed E-state index contributed by atoms with van der Waals surface area (Å²) in [6.07, 6.45) is 0.317. The molecule has 1 N–H and O–H groups in total. The van der Waals surface area contributed by atoms with E-state index in [0.29, 0.717) is 16.5 Å². The van der Waals surface area contributed by atoms with Gasteiger partial charge in [0, 0.05) is 0 Å². The second kappa shape index (κ2) is 6.29. The number of carbonyl (C=O) groups is 1. The molecule has 0 aliphatic heterocycles. The van der Waals surface area contributed by atoms with Crippen molar-refractivity contribution in [2.75, 3.05) is 0 Å². The summed E-state index contributed by atoms with van der Waals surface area (Å²) in [5.74, 6) is -1.50. The van der Waals surface area contributed by atoms with Gasteiger partial charge in [0.15, 0.2) is 0 Å². The van der Waals surface area contributed by atoms with Gasteiger partial charge in [-0.3, -0.25) is 4.79 Å². The molecule has 104 valence electrons. The number of aliphatic carboxylic acids is 1. The minimum Gasteiger partial charge on any atom is -0.481 e. The highest BCUT2D eigenvalue weighted by Crippen LogP contribution is 2.30. The zero-order valence-corrected chi connectivity index (χ0v) is 12.4. The Morgan fingerprint density at radius 1 is 1.15 bits per heavy atom. The molecule has 0 fully saturated rings. The van der Waals surface area contributed by atoms with E-state index in [1.807, 2.05) is 31.2 Å². The molecule has 2 aromatic rings. The van der Waals surface area contributed by atoms with Gasteiger partial charge in [0.2, 0.25) is 0 Å². The Morgan fingerprint density at radius 3 is 2.40 bits per heavy atom. The number of rotatable bonds is 4. The second-order valence-corrected chi connectivity index (χ2v) is 5.50. The summed E-state index contributed by atoms with van der Waals surface area (Å²) in [4.78, 5) is 11.5. The molecule has 0 aliphatic carbocycles. The smallest absolute Gasteiger partial charge is 0.311 e. The lowest BCUT2D eigenvalue weighted by Crippen LogP contribution is -2.14. The van der Waals surface area contributed by atoms with Crippen LogP contribution in [-0.4, -0.2) is 11.1 Å². The van der Waals surface area contributed by atoms with Crippen LogP contribution in [0.4, 0.5) is 0 Å². The molecule has 0 saturated carbocycles. The van der Waals surface area contributed by atoms with Crippen molar-refractivity contribution < 1.29 is 9.90 Å². The Labute approximate surface area is 128 Å². The average Bonchev–Trinajstić information content (AvgIpc) is 2.41. The summed E-state index contributed by atoms with van der Waals surface area (Å²) in [6.45, 7) is 1.97. The molecule has 20 heavy (non-hydrogen) atoms. The average molecular weight is 309 g/mol. The normalized spacial score (nSPS) is 12.2. The second-order valence-electron chi connectivity index (χ2n) is 4.72. The maximum atomic E-state index is 11.5. The quantitative estimate of drug-likeness (QED) is 0.888. The van der Waals surface area contributed by atoms with E-state index in [9.17, 15) is 9.90 Å². The van der Waals surface area contributed by atoms with Gasteiger partial charge in [-0.05, 0) is 30.5 Å². The molecule has 2 rings (SSSR count). The van der Waals surface area contributed by atoms with Crippen LogP contribution in [0.3, 0.4) is 0 Å². The minimum absolute atomic E-state index is 0.317. The van der Waals surface area contributed by atoms with Crippen LogP contribution in [0.1, 0.15) is 22.6 Å². The topological polar surface area (TPSA) is 37.3 Å². The number of benzene rings is 2. The number of hydrogen-bond acceptors (Lipinski definition) is 1. The highest BCUT2D eigenvalue weighted by atomic mass is 35.5. The van der Waals surface area contributed by atoms with Crippen LogP contribution in [-0.2, 0) is 11.2 Å². The van der Waals surface area contributed by atoms with Crippen LogP contribution in [0, 0.1) is 6.92 Å². The van der Waals surface area contributed by atoms with Crippen LogP contribution in [0.25, 0.3) is 0 Å². The highest BCUT2D eigenvalue weighted by molar-refractivity contribution is 6.42. The minimum atomic E-state index is -0.870. The molecule has 4 heteroatoms. The van der Waals surface area contributed by atoms with Crippen molar-refractivity contribution in [3.8, 4) is 0 Å². The van der Waals surface area contributed by atoms with E-state index in [4.69, 9.17) is 23.2 Å². The van der Waals surface area contributed by atoms with Crippen LogP contribution < -0.4 is 0 Å². The Morgan fingerprint density at radius 2 is 1.80 bits per heavy atom. The zero-order valence-electron chi connectivity index (χ0n) is 10.9. The number of carboxylic acids is 1. The first-order chi connectivity index (χ1) is 9.49. The van der Waals surface area contributed by atoms with Crippen molar-refractivity contribution >= 4 is 29.2 Å². The Bertz CT molecular complexity index is 621. The molecule has 0 heterocycles. The molecule has 0 saturated heterocycles. The highest BCUT2D eigenvalue weighted by Gasteiger charge is 2.21. The monoisotopic (exact) mass is 308 g/mol. The predicted molar refractivity (Wildman–Crippen MR) is 81.7 cm³/mol. The molecule has 2 aromatic carbocycles. The fourth-order valence-corrected chi connectivity index (χ4v) is 2.47. The van der Waals surface area contributed by atoms with Gasteiger partial charge in [-0.15, -0.1) is 0 Å². The SMILES string of the molecule is Cc1ccc(C(Cc2cccc(Cl)c2Cl)C(=O)O)cc1. The Kier molecular flexibility index (Phi) is 4.69. The molecule has 0 spiro atoms. The summed E-state index contributed by atoms with van der Waals surface area (Å²) in [5.41, 5.74) is 2.60. The Hall–Kier alpha value is -1.51. The van der Waals surface area contributed by atoms with Crippen LogP contribution in [0.15, 0.2) is 42.5 Å². The van der Waals surface area contributed by atoms with Crippen molar-refractivity contribution in [3.63, 3.8) is 0 Å². The van der Waals surface area contributed by atoms with Crippen LogP contribution in [0.2, 0.25) is 10.0 Å². The first-order valence-electron chi connectivity index (χ1n) is 6.21. The lowest BCUT2D eigenvalue weighted by atomic mass is 9.91. The van der Waals surface area contributed by atoms with Crippen molar-refractivity contribution in [2.24, 2.45) is 0 Å². The van der Waals surface area contributed by atoms with Gasteiger partial charge in [0.05, 0.1) is 16.0 Å². The van der Waals surface area contributed by atoms with Crippen LogP contribution >= 0.6 is 23.2 Å². The van der Waals surface area contributed by atoms with Crippen molar-refractivity contribution in [2.45, 2.75) is 19.3 Å². The van der Waals surface area contributed by atoms with E-state index in [0.717, 1.165) is 16.7 Å². The van der Waals surface area contributed by atoms with E-state index in [-0.39, 0.29) is 0 Å². The lowest BCUT2D eigenvalue weighted by molar-refractivity contribution is -0.138. The molecule has 0 amide bonds. The van der Waals surface area contributed by atoms with Gasteiger partial charge in [-0.25, -0.2) is 0 Å². The molecule has 0 aliphatic rings. The maximum absolute atomic E-state index is 11.5. The fraction of sp³-hybridized carbons (Fsp3) is 0.188. The van der Waals surface area contributed by atoms with Gasteiger partial charge in [-0.2, -0.15) is 0 Å². The summed E-state index contributed by atoms with van der Waals surface area (Å²) >= 11 is 12.1. The fourth-order valence-electron chi connectivity index (χ4n) is 2.07. The predicted octanol–water partition coefficient (Wildman–Crippen LogP) is 4.71. The molecule has 2 nitrogen and oxygen atoms in total. The molecular weight excluding hydrogens is 295 g/mol. The summed E-state index contributed by atoms with van der Waals surface area (Å²) in [7, 11) is 0. The van der Waals surface area contributed by atoms with Crippen molar-refractivity contribution in [1.29, 1.82) is 0 Å². The van der Waals surface area contributed by atoms with E-state index < -0.39 is 11.9 Å². The number of hydrogen-bond donors (Lipinski definition) is 1. The van der Waals surface area contributed by atoms with E-state index >= 15 is 0 Å². The van der Waals surface area contributed by atoms with E-state index in [2.05, 4.69) is 0 Å². The van der Waals surface area contributed by atoms with Gasteiger partial charge < -0.3 is 5.11 Å².